The van der Waals surface area contributed by atoms with Gasteiger partial charge in [-0.15, -0.1) is 0 Å². The van der Waals surface area contributed by atoms with Crippen LogP contribution in [0.3, 0.4) is 0 Å². The van der Waals surface area contributed by atoms with E-state index in [0.29, 0.717) is 45.6 Å². The number of carbonyl (C=O) groups excluding carboxylic acids is 1. The third kappa shape index (κ3) is 5.27. The van der Waals surface area contributed by atoms with Gasteiger partial charge in [0.15, 0.2) is 11.0 Å². The van der Waals surface area contributed by atoms with Crippen LogP contribution in [-0.2, 0) is 16.6 Å². The molecule has 3 rings (SSSR count). The minimum atomic E-state index is -0.186. The normalized spacial score (nSPS) is 16.6. The molecule has 1 fully saturated rings. The van der Waals surface area contributed by atoms with Crippen molar-refractivity contribution in [3.05, 3.63) is 40.0 Å². The Morgan fingerprint density at radius 2 is 2.11 bits per heavy atom. The summed E-state index contributed by atoms with van der Waals surface area (Å²) in [6.07, 6.45) is 1.61. The molecule has 0 N–H and O–H groups in total. The number of amides is 1. The summed E-state index contributed by atoms with van der Waals surface area (Å²) >= 11 is 13.6. The molecule has 9 heteroatoms. The number of hydrogen-bond acceptors (Lipinski definition) is 6. The number of rotatable bonds is 4. The highest BCUT2D eigenvalue weighted by Gasteiger charge is 2.25. The third-order valence-corrected chi connectivity index (χ3v) is 5.91. The molecule has 150 valence electrons. The van der Waals surface area contributed by atoms with Gasteiger partial charge in [-0.3, -0.25) is 9.69 Å². The molecule has 1 aromatic heterocycles. The van der Waals surface area contributed by atoms with E-state index >= 15 is 0 Å². The summed E-state index contributed by atoms with van der Waals surface area (Å²) in [6.45, 7) is 6.69. The number of carbonyl (C=O) groups is 1. The molecule has 1 aromatic carbocycles. The maximum absolute atomic E-state index is 12.8. The van der Waals surface area contributed by atoms with Crippen LogP contribution >= 0.6 is 35.0 Å². The van der Waals surface area contributed by atoms with Gasteiger partial charge in [-0.1, -0.05) is 60.9 Å². The lowest BCUT2D eigenvalue weighted by atomic mass is 9.96. The number of thioether (sulfide) groups is 1. The van der Waals surface area contributed by atoms with Crippen molar-refractivity contribution < 1.29 is 9.32 Å². The second kappa shape index (κ2) is 8.84. The molecular formula is C19H22Cl2N4O2S. The molecule has 2 aromatic rings. The van der Waals surface area contributed by atoms with Crippen LogP contribution in [0.4, 0.5) is 5.69 Å². The van der Waals surface area contributed by atoms with Crippen molar-refractivity contribution in [3.63, 3.8) is 0 Å². The van der Waals surface area contributed by atoms with Crippen molar-refractivity contribution >= 4 is 51.7 Å². The number of aliphatic imine (C=N–C) groups is 1. The quantitative estimate of drug-likeness (QED) is 0.647. The van der Waals surface area contributed by atoms with E-state index < -0.39 is 0 Å². The first-order chi connectivity index (χ1) is 13.2. The Bertz CT molecular complexity index is 892. The average molecular weight is 441 g/mol. The SMILES string of the molecule is CC(C)(C)c1noc(CCC(=O)N2CCCSC2=Nc2ccc(Cl)c(Cl)c2)n1. The van der Waals surface area contributed by atoms with E-state index in [1.54, 1.807) is 34.9 Å². The van der Waals surface area contributed by atoms with E-state index in [9.17, 15) is 4.79 Å². The molecule has 1 saturated heterocycles. The molecule has 0 aliphatic carbocycles. The lowest BCUT2D eigenvalue weighted by Gasteiger charge is -2.27. The minimum Gasteiger partial charge on any atom is -0.339 e. The Balaban J connectivity index is 1.69. The molecule has 1 amide bonds. The molecule has 2 heterocycles. The molecule has 0 atom stereocenters. The van der Waals surface area contributed by atoms with Crippen LogP contribution in [0.2, 0.25) is 10.0 Å². The maximum atomic E-state index is 12.8. The number of aromatic nitrogens is 2. The van der Waals surface area contributed by atoms with Crippen LogP contribution in [0.25, 0.3) is 0 Å². The lowest BCUT2D eigenvalue weighted by molar-refractivity contribution is -0.127. The van der Waals surface area contributed by atoms with Crippen LogP contribution in [0.15, 0.2) is 27.7 Å². The second-order valence-corrected chi connectivity index (χ2v) is 9.38. The predicted octanol–water partition coefficient (Wildman–Crippen LogP) is 5.26. The number of aryl methyl sites for hydroxylation is 1. The van der Waals surface area contributed by atoms with Crippen molar-refractivity contribution in [1.29, 1.82) is 0 Å². The zero-order valence-corrected chi connectivity index (χ0v) is 18.4. The molecule has 0 unspecified atom stereocenters. The topological polar surface area (TPSA) is 71.6 Å². The fourth-order valence-corrected chi connectivity index (χ4v) is 3.83. The van der Waals surface area contributed by atoms with Gasteiger partial charge >= 0.3 is 0 Å². The Morgan fingerprint density at radius 3 is 2.79 bits per heavy atom. The highest BCUT2D eigenvalue weighted by atomic mass is 35.5. The molecule has 0 spiro atoms. The van der Waals surface area contributed by atoms with Gasteiger partial charge in [0.05, 0.1) is 15.7 Å². The molecule has 0 saturated carbocycles. The zero-order valence-electron chi connectivity index (χ0n) is 16.0. The smallest absolute Gasteiger partial charge is 0.229 e. The lowest BCUT2D eigenvalue weighted by Crippen LogP contribution is -2.39. The summed E-state index contributed by atoms with van der Waals surface area (Å²) in [7, 11) is 0. The Labute approximate surface area is 178 Å². The molecular weight excluding hydrogens is 419 g/mol. The van der Waals surface area contributed by atoms with Crippen LogP contribution in [0, 0.1) is 0 Å². The first kappa shape index (κ1) is 21.1. The monoisotopic (exact) mass is 440 g/mol. The molecule has 1 aliphatic rings. The summed E-state index contributed by atoms with van der Waals surface area (Å²) in [5.74, 6) is 2.03. The molecule has 1 aliphatic heterocycles. The van der Waals surface area contributed by atoms with Gasteiger partial charge in [-0.2, -0.15) is 4.98 Å². The molecule has 0 radical (unpaired) electrons. The van der Waals surface area contributed by atoms with Crippen molar-refractivity contribution in [3.8, 4) is 0 Å². The first-order valence-electron chi connectivity index (χ1n) is 9.04. The maximum Gasteiger partial charge on any atom is 0.229 e. The van der Waals surface area contributed by atoms with Gasteiger partial charge in [0.2, 0.25) is 11.8 Å². The van der Waals surface area contributed by atoms with Crippen molar-refractivity contribution in [2.24, 2.45) is 4.99 Å². The van der Waals surface area contributed by atoms with Crippen LogP contribution in [0.5, 0.6) is 0 Å². The van der Waals surface area contributed by atoms with Crippen molar-refractivity contribution in [2.75, 3.05) is 12.3 Å². The van der Waals surface area contributed by atoms with Crippen molar-refractivity contribution in [1.82, 2.24) is 15.0 Å². The minimum absolute atomic E-state index is 0.0125. The van der Waals surface area contributed by atoms with Crippen LogP contribution in [0.1, 0.15) is 45.3 Å². The highest BCUT2D eigenvalue weighted by Crippen LogP contribution is 2.29. The third-order valence-electron chi connectivity index (χ3n) is 4.11. The van der Waals surface area contributed by atoms with E-state index in [0.717, 1.165) is 12.2 Å². The summed E-state index contributed by atoms with van der Waals surface area (Å²) < 4.78 is 5.28. The van der Waals surface area contributed by atoms with E-state index in [-0.39, 0.29) is 17.7 Å². The van der Waals surface area contributed by atoms with E-state index in [4.69, 9.17) is 27.7 Å². The summed E-state index contributed by atoms with van der Waals surface area (Å²) in [5, 5.41) is 5.59. The predicted molar refractivity (Wildman–Crippen MR) is 114 cm³/mol. The van der Waals surface area contributed by atoms with Crippen LogP contribution in [-0.4, -0.2) is 38.4 Å². The highest BCUT2D eigenvalue weighted by molar-refractivity contribution is 8.13. The fraction of sp³-hybridized carbons (Fsp3) is 0.474. The molecule has 0 bridgehead atoms. The Hall–Kier alpha value is -1.57. The summed E-state index contributed by atoms with van der Waals surface area (Å²) in [5.41, 5.74) is 0.484. The van der Waals surface area contributed by atoms with Gasteiger partial charge < -0.3 is 4.52 Å². The van der Waals surface area contributed by atoms with Gasteiger partial charge in [-0.25, -0.2) is 4.99 Å². The van der Waals surface area contributed by atoms with E-state index in [1.807, 2.05) is 20.8 Å². The number of nitrogens with zero attached hydrogens (tertiary/aromatic N) is 4. The van der Waals surface area contributed by atoms with Gasteiger partial charge in [0.1, 0.15) is 0 Å². The van der Waals surface area contributed by atoms with E-state index in [2.05, 4.69) is 15.1 Å². The van der Waals surface area contributed by atoms with Gasteiger partial charge in [0.25, 0.3) is 0 Å². The van der Waals surface area contributed by atoms with Crippen molar-refractivity contribution in [2.45, 2.75) is 45.4 Å². The first-order valence-corrected chi connectivity index (χ1v) is 10.8. The number of amidine groups is 1. The largest absolute Gasteiger partial charge is 0.339 e. The Kier molecular flexibility index (Phi) is 6.68. The van der Waals surface area contributed by atoms with Gasteiger partial charge in [0, 0.05) is 30.6 Å². The summed E-state index contributed by atoms with van der Waals surface area (Å²) in [6, 6.07) is 5.18. The Morgan fingerprint density at radius 1 is 1.32 bits per heavy atom. The number of benzene rings is 1. The number of hydrogen-bond donors (Lipinski definition) is 0. The second-order valence-electron chi connectivity index (χ2n) is 7.50. The molecule has 6 nitrogen and oxygen atoms in total. The van der Waals surface area contributed by atoms with Gasteiger partial charge in [-0.05, 0) is 24.6 Å². The summed E-state index contributed by atoms with van der Waals surface area (Å²) in [4.78, 5) is 23.5. The number of halogens is 2. The molecule has 28 heavy (non-hydrogen) atoms. The standard InChI is InChI=1S/C19H22Cl2N4O2S/c1-19(2,3)17-23-15(27-24-17)7-8-16(26)25-9-4-10-28-18(25)22-12-5-6-13(20)14(21)11-12/h5-6,11H,4,7-10H2,1-3H3. The zero-order chi connectivity index (χ0) is 20.3. The van der Waals surface area contributed by atoms with Crippen LogP contribution < -0.4 is 0 Å². The van der Waals surface area contributed by atoms with E-state index in [1.165, 1.54) is 0 Å². The fourth-order valence-electron chi connectivity index (χ4n) is 2.56. The average Bonchev–Trinajstić information content (AvgIpc) is 3.13.